The summed E-state index contributed by atoms with van der Waals surface area (Å²) in [4.78, 5) is 14.9. The summed E-state index contributed by atoms with van der Waals surface area (Å²) in [6.45, 7) is 2.19. The van der Waals surface area contributed by atoms with E-state index in [0.29, 0.717) is 18.1 Å². The molecule has 96 valence electrons. The molecule has 2 atom stereocenters. The van der Waals surface area contributed by atoms with Gasteiger partial charge in [0, 0.05) is 11.8 Å². The minimum atomic E-state index is -0.173. The Labute approximate surface area is 108 Å². The van der Waals surface area contributed by atoms with Crippen LogP contribution in [-0.2, 0) is 4.79 Å². The number of nitrogens with one attached hydrogen (secondary N) is 1. The summed E-state index contributed by atoms with van der Waals surface area (Å²) >= 11 is 1.99. The molecule has 3 rings (SSSR count). The number of amides is 1. The molecular formula is C13H22N2OS. The van der Waals surface area contributed by atoms with Gasteiger partial charge in [0.1, 0.15) is 0 Å². The molecule has 2 heterocycles. The Morgan fingerprint density at radius 2 is 2.24 bits per heavy atom. The molecule has 0 aromatic carbocycles. The molecule has 2 unspecified atom stereocenters. The van der Waals surface area contributed by atoms with E-state index in [0.717, 1.165) is 25.0 Å². The predicted molar refractivity (Wildman–Crippen MR) is 71.0 cm³/mol. The molecule has 17 heavy (non-hydrogen) atoms. The molecule has 3 fully saturated rings. The molecule has 1 saturated carbocycles. The van der Waals surface area contributed by atoms with Gasteiger partial charge in [-0.1, -0.05) is 19.8 Å². The molecular weight excluding hydrogens is 232 g/mol. The zero-order valence-corrected chi connectivity index (χ0v) is 11.4. The number of hydrogen-bond acceptors (Lipinski definition) is 3. The fourth-order valence-electron chi connectivity index (χ4n) is 3.64. The maximum Gasteiger partial charge on any atom is 0.244 e. The number of nitrogens with zero attached hydrogens (tertiary/aromatic N) is 1. The average Bonchev–Trinajstić information content (AvgIpc) is 3.03. The summed E-state index contributed by atoms with van der Waals surface area (Å²) < 4.78 is 0. The van der Waals surface area contributed by atoms with Crippen LogP contribution in [0.5, 0.6) is 0 Å². The number of rotatable bonds is 2. The van der Waals surface area contributed by atoms with Crippen LogP contribution in [0.15, 0.2) is 0 Å². The number of thioether (sulfide) groups is 1. The molecule has 0 aromatic heterocycles. The van der Waals surface area contributed by atoms with Gasteiger partial charge in [-0.3, -0.25) is 10.1 Å². The van der Waals surface area contributed by atoms with Crippen LogP contribution in [0.4, 0.5) is 0 Å². The zero-order valence-electron chi connectivity index (χ0n) is 10.6. The topological polar surface area (TPSA) is 32.3 Å². The second-order valence-electron chi connectivity index (χ2n) is 5.59. The van der Waals surface area contributed by atoms with Crippen molar-refractivity contribution in [2.75, 3.05) is 11.5 Å². The van der Waals surface area contributed by atoms with Gasteiger partial charge < -0.3 is 4.90 Å². The van der Waals surface area contributed by atoms with Crippen molar-refractivity contribution in [3.8, 4) is 0 Å². The molecule has 0 bridgehead atoms. The van der Waals surface area contributed by atoms with Crippen LogP contribution in [0.2, 0.25) is 0 Å². The van der Waals surface area contributed by atoms with Gasteiger partial charge in [-0.15, -0.1) is 0 Å². The van der Waals surface area contributed by atoms with Gasteiger partial charge in [0.2, 0.25) is 5.91 Å². The number of carbonyl (C=O) groups excluding carboxylic acids is 1. The summed E-state index contributed by atoms with van der Waals surface area (Å²) in [5.41, 5.74) is -0.173. The van der Waals surface area contributed by atoms with E-state index in [2.05, 4.69) is 17.1 Å². The van der Waals surface area contributed by atoms with Gasteiger partial charge in [0.25, 0.3) is 0 Å². The summed E-state index contributed by atoms with van der Waals surface area (Å²) in [7, 11) is 0. The maximum atomic E-state index is 12.7. The monoisotopic (exact) mass is 254 g/mol. The first kappa shape index (κ1) is 11.8. The highest BCUT2D eigenvalue weighted by molar-refractivity contribution is 7.99. The maximum absolute atomic E-state index is 12.7. The first-order valence-electron chi connectivity index (χ1n) is 6.95. The Kier molecular flexibility index (Phi) is 3.11. The molecule has 1 N–H and O–H groups in total. The Balaban J connectivity index is 1.83. The Morgan fingerprint density at radius 1 is 1.47 bits per heavy atom. The molecule has 1 aliphatic carbocycles. The van der Waals surface area contributed by atoms with E-state index in [1.165, 1.54) is 25.0 Å². The van der Waals surface area contributed by atoms with E-state index in [1.54, 1.807) is 0 Å². The summed E-state index contributed by atoms with van der Waals surface area (Å²) in [5, 5.41) is 3.66. The van der Waals surface area contributed by atoms with Crippen LogP contribution in [0.1, 0.15) is 45.4 Å². The molecule has 3 aliphatic rings. The quantitative estimate of drug-likeness (QED) is 0.818. The minimum Gasteiger partial charge on any atom is -0.322 e. The summed E-state index contributed by atoms with van der Waals surface area (Å²) in [6, 6.07) is 0.491. The van der Waals surface area contributed by atoms with E-state index in [-0.39, 0.29) is 5.54 Å². The molecule has 2 aliphatic heterocycles. The Hall–Kier alpha value is -0.220. The fourth-order valence-corrected chi connectivity index (χ4v) is 4.84. The van der Waals surface area contributed by atoms with Crippen molar-refractivity contribution in [3.05, 3.63) is 0 Å². The average molecular weight is 254 g/mol. The van der Waals surface area contributed by atoms with Crippen molar-refractivity contribution >= 4 is 17.7 Å². The van der Waals surface area contributed by atoms with E-state index in [4.69, 9.17) is 0 Å². The van der Waals surface area contributed by atoms with Crippen LogP contribution in [-0.4, -0.2) is 40.1 Å². The fraction of sp³-hybridized carbons (Fsp3) is 0.923. The van der Waals surface area contributed by atoms with Gasteiger partial charge in [0.15, 0.2) is 0 Å². The van der Waals surface area contributed by atoms with Crippen molar-refractivity contribution in [3.63, 3.8) is 0 Å². The van der Waals surface area contributed by atoms with Crippen molar-refractivity contribution in [2.24, 2.45) is 0 Å². The SMILES string of the molecule is CCC1NC2(CCCC2)C(=O)N1C1CCSC1. The number of carbonyl (C=O) groups is 1. The molecule has 0 radical (unpaired) electrons. The van der Waals surface area contributed by atoms with E-state index in [1.807, 2.05) is 11.8 Å². The Bertz CT molecular complexity index is 309. The lowest BCUT2D eigenvalue weighted by Gasteiger charge is -2.29. The van der Waals surface area contributed by atoms with Gasteiger partial charge >= 0.3 is 0 Å². The van der Waals surface area contributed by atoms with Crippen LogP contribution in [0, 0.1) is 0 Å². The first-order valence-corrected chi connectivity index (χ1v) is 8.10. The van der Waals surface area contributed by atoms with Crippen molar-refractivity contribution in [2.45, 2.75) is 63.2 Å². The van der Waals surface area contributed by atoms with Gasteiger partial charge in [-0.25, -0.2) is 0 Å². The molecule has 0 aromatic rings. The van der Waals surface area contributed by atoms with Crippen LogP contribution in [0.3, 0.4) is 0 Å². The minimum absolute atomic E-state index is 0.173. The van der Waals surface area contributed by atoms with Gasteiger partial charge in [0.05, 0.1) is 11.7 Å². The normalized spacial score (nSPS) is 36.3. The second-order valence-corrected chi connectivity index (χ2v) is 6.74. The van der Waals surface area contributed by atoms with E-state index >= 15 is 0 Å². The van der Waals surface area contributed by atoms with E-state index < -0.39 is 0 Å². The Morgan fingerprint density at radius 3 is 2.82 bits per heavy atom. The third kappa shape index (κ3) is 1.80. The lowest BCUT2D eigenvalue weighted by atomic mass is 9.97. The largest absolute Gasteiger partial charge is 0.322 e. The van der Waals surface area contributed by atoms with Crippen molar-refractivity contribution in [1.82, 2.24) is 10.2 Å². The summed E-state index contributed by atoms with van der Waals surface area (Å²) in [5.74, 6) is 2.77. The van der Waals surface area contributed by atoms with Crippen molar-refractivity contribution < 1.29 is 4.79 Å². The number of hydrogen-bond donors (Lipinski definition) is 1. The van der Waals surface area contributed by atoms with Crippen LogP contribution in [0.25, 0.3) is 0 Å². The van der Waals surface area contributed by atoms with Gasteiger partial charge in [-0.05, 0) is 31.4 Å². The molecule has 1 spiro atoms. The third-order valence-electron chi connectivity index (χ3n) is 4.57. The first-order chi connectivity index (χ1) is 8.27. The molecule has 2 saturated heterocycles. The molecule has 3 nitrogen and oxygen atoms in total. The lowest BCUT2D eigenvalue weighted by molar-refractivity contribution is -0.134. The van der Waals surface area contributed by atoms with Gasteiger partial charge in [-0.2, -0.15) is 11.8 Å². The predicted octanol–water partition coefficient (Wildman–Crippen LogP) is 1.97. The zero-order chi connectivity index (χ0) is 11.9. The van der Waals surface area contributed by atoms with Crippen LogP contribution >= 0.6 is 11.8 Å². The molecule has 4 heteroatoms. The summed E-state index contributed by atoms with van der Waals surface area (Å²) in [6.07, 6.45) is 7.05. The smallest absolute Gasteiger partial charge is 0.244 e. The lowest BCUT2D eigenvalue weighted by Crippen LogP contribution is -2.45. The second kappa shape index (κ2) is 4.47. The van der Waals surface area contributed by atoms with E-state index in [9.17, 15) is 4.79 Å². The molecule has 1 amide bonds. The van der Waals surface area contributed by atoms with Crippen molar-refractivity contribution in [1.29, 1.82) is 0 Å². The third-order valence-corrected chi connectivity index (χ3v) is 5.71. The highest BCUT2D eigenvalue weighted by atomic mass is 32.2. The highest BCUT2D eigenvalue weighted by Gasteiger charge is 2.53. The highest BCUT2D eigenvalue weighted by Crippen LogP contribution is 2.39. The van der Waals surface area contributed by atoms with Crippen LogP contribution < -0.4 is 5.32 Å². The standard InChI is InChI=1S/C13H22N2OS/c1-2-11-14-13(6-3-4-7-13)12(16)15(11)10-5-8-17-9-10/h10-11,14H,2-9H2,1H3.